The van der Waals surface area contributed by atoms with Crippen LogP contribution >= 0.6 is 0 Å². The predicted octanol–water partition coefficient (Wildman–Crippen LogP) is 5.66. The molecule has 0 saturated carbocycles. The van der Waals surface area contributed by atoms with Gasteiger partial charge in [0.05, 0.1) is 22.8 Å². The van der Waals surface area contributed by atoms with E-state index in [1.54, 1.807) is 12.4 Å². The van der Waals surface area contributed by atoms with Crippen LogP contribution in [0.4, 0.5) is 0 Å². The molecule has 0 spiro atoms. The molecule has 0 atom stereocenters. The molecule has 0 bridgehead atoms. The fourth-order valence-corrected chi connectivity index (χ4v) is 10.4. The van der Waals surface area contributed by atoms with Crippen LogP contribution in [0.1, 0.15) is 0 Å². The SMILES string of the molecule is c1ccc(-c2ccccn2)nc1.c1ccc([Si](c2ccccc2)(c2ccccc2)c2cccnc2-c2ccccn2)cc1. The van der Waals surface area contributed by atoms with Gasteiger partial charge < -0.3 is 0 Å². The molecule has 0 aliphatic rings. The van der Waals surface area contributed by atoms with Gasteiger partial charge >= 0.3 is 0 Å². The van der Waals surface area contributed by atoms with Crippen LogP contribution < -0.4 is 20.7 Å². The molecule has 0 aliphatic carbocycles. The summed E-state index contributed by atoms with van der Waals surface area (Å²) in [4.78, 5) is 17.9. The van der Waals surface area contributed by atoms with E-state index in [4.69, 9.17) is 4.98 Å². The molecule has 5 heteroatoms. The van der Waals surface area contributed by atoms with Crippen molar-refractivity contribution in [1.29, 1.82) is 0 Å². The van der Waals surface area contributed by atoms with Crippen molar-refractivity contribution in [2.45, 2.75) is 0 Å². The van der Waals surface area contributed by atoms with E-state index in [-0.39, 0.29) is 0 Å². The molecule has 0 fully saturated rings. The van der Waals surface area contributed by atoms with Gasteiger partial charge in [0.25, 0.3) is 0 Å². The molecule has 43 heavy (non-hydrogen) atoms. The summed E-state index contributed by atoms with van der Waals surface area (Å²) in [7, 11) is -2.63. The van der Waals surface area contributed by atoms with E-state index in [1.165, 1.54) is 20.7 Å². The van der Waals surface area contributed by atoms with Crippen molar-refractivity contribution in [1.82, 2.24) is 19.9 Å². The highest BCUT2D eigenvalue weighted by molar-refractivity contribution is 7.20. The first-order valence-corrected chi connectivity index (χ1v) is 16.2. The Balaban J connectivity index is 0.000000229. The van der Waals surface area contributed by atoms with Crippen molar-refractivity contribution in [2.75, 3.05) is 0 Å². The van der Waals surface area contributed by atoms with Crippen LogP contribution in [0.2, 0.25) is 0 Å². The fraction of sp³-hybridized carbons (Fsp3) is 0. The second-order valence-corrected chi connectivity index (χ2v) is 13.7. The normalized spacial score (nSPS) is 10.8. The van der Waals surface area contributed by atoms with Crippen LogP contribution in [0.5, 0.6) is 0 Å². The molecule has 7 aromatic rings. The topological polar surface area (TPSA) is 51.6 Å². The second kappa shape index (κ2) is 13.4. The molecular formula is C38H30N4Si. The first-order valence-electron chi connectivity index (χ1n) is 14.2. The van der Waals surface area contributed by atoms with Gasteiger partial charge in [0.15, 0.2) is 8.07 Å². The molecule has 7 rings (SSSR count). The van der Waals surface area contributed by atoms with E-state index < -0.39 is 8.07 Å². The van der Waals surface area contributed by atoms with Gasteiger partial charge in [-0.15, -0.1) is 0 Å². The summed E-state index contributed by atoms with van der Waals surface area (Å²) in [5.41, 5.74) is 3.68. The van der Waals surface area contributed by atoms with Gasteiger partial charge in [-0.2, -0.15) is 0 Å². The molecule has 0 saturated heterocycles. The van der Waals surface area contributed by atoms with E-state index in [2.05, 4.69) is 118 Å². The average Bonchev–Trinajstić information content (AvgIpc) is 3.12. The zero-order valence-corrected chi connectivity index (χ0v) is 24.6. The highest BCUT2D eigenvalue weighted by Gasteiger charge is 2.43. The van der Waals surface area contributed by atoms with Crippen molar-refractivity contribution < 1.29 is 0 Å². The van der Waals surface area contributed by atoms with E-state index >= 15 is 0 Å². The van der Waals surface area contributed by atoms with E-state index in [9.17, 15) is 0 Å². The van der Waals surface area contributed by atoms with Crippen molar-refractivity contribution in [3.8, 4) is 22.8 Å². The monoisotopic (exact) mass is 570 g/mol. The summed E-state index contributed by atoms with van der Waals surface area (Å²) < 4.78 is 0. The Morgan fingerprint density at radius 1 is 0.302 bits per heavy atom. The number of hydrogen-bond donors (Lipinski definition) is 0. The summed E-state index contributed by atoms with van der Waals surface area (Å²) in [6, 6.07) is 54.6. The number of benzene rings is 3. The van der Waals surface area contributed by atoms with Crippen LogP contribution in [0, 0.1) is 0 Å². The Kier molecular flexibility index (Phi) is 8.63. The lowest BCUT2D eigenvalue weighted by Gasteiger charge is -2.35. The maximum Gasteiger partial charge on any atom is 0.182 e. The van der Waals surface area contributed by atoms with Crippen molar-refractivity contribution >= 4 is 28.8 Å². The van der Waals surface area contributed by atoms with E-state index in [0.717, 1.165) is 22.8 Å². The predicted molar refractivity (Wildman–Crippen MR) is 179 cm³/mol. The third-order valence-electron chi connectivity index (χ3n) is 7.33. The lowest BCUT2D eigenvalue weighted by Crippen LogP contribution is -2.75. The summed E-state index contributed by atoms with van der Waals surface area (Å²) >= 11 is 0. The van der Waals surface area contributed by atoms with Crippen molar-refractivity contribution in [3.05, 3.63) is 183 Å². The number of nitrogens with zero attached hydrogens (tertiary/aromatic N) is 4. The number of aromatic nitrogens is 4. The van der Waals surface area contributed by atoms with Crippen molar-refractivity contribution in [3.63, 3.8) is 0 Å². The summed E-state index contributed by atoms with van der Waals surface area (Å²) in [6.45, 7) is 0. The van der Waals surface area contributed by atoms with Crippen LogP contribution in [0.15, 0.2) is 183 Å². The minimum Gasteiger partial charge on any atom is -0.255 e. The Bertz CT molecular complexity index is 1700. The Morgan fingerprint density at radius 2 is 0.674 bits per heavy atom. The third-order valence-corrected chi connectivity index (χ3v) is 12.1. The largest absolute Gasteiger partial charge is 0.255 e. The minimum absolute atomic E-state index is 0.901. The van der Waals surface area contributed by atoms with Crippen LogP contribution in [-0.4, -0.2) is 28.0 Å². The zero-order chi connectivity index (χ0) is 29.2. The fourth-order valence-electron chi connectivity index (χ4n) is 5.47. The maximum atomic E-state index is 4.86. The molecule has 0 radical (unpaired) electrons. The van der Waals surface area contributed by atoms with Gasteiger partial charge in [-0.1, -0.05) is 115 Å². The molecule has 0 aliphatic heterocycles. The highest BCUT2D eigenvalue weighted by Crippen LogP contribution is 2.17. The van der Waals surface area contributed by atoms with Crippen LogP contribution in [-0.2, 0) is 0 Å². The molecule has 3 aromatic carbocycles. The smallest absolute Gasteiger partial charge is 0.182 e. The van der Waals surface area contributed by atoms with Gasteiger partial charge in [-0.05, 0) is 63.2 Å². The third kappa shape index (κ3) is 5.93. The number of hydrogen-bond acceptors (Lipinski definition) is 4. The zero-order valence-electron chi connectivity index (χ0n) is 23.6. The van der Waals surface area contributed by atoms with Gasteiger partial charge in [-0.3, -0.25) is 19.9 Å². The average molecular weight is 571 g/mol. The Labute approximate surface area is 253 Å². The van der Waals surface area contributed by atoms with Crippen molar-refractivity contribution in [2.24, 2.45) is 0 Å². The minimum atomic E-state index is -2.63. The standard InChI is InChI=1S/C28H22N2Si.C10H8N2/c1-4-13-23(14-5-1)31(24-15-6-2-7-16-24,25-17-8-3-9-18-25)27-20-12-22-30-28(27)26-19-10-11-21-29-26;1-3-7-11-9(5-1)10-6-2-4-8-12-10/h1-22H;1-8H. The van der Waals surface area contributed by atoms with E-state index in [0.29, 0.717) is 0 Å². The highest BCUT2D eigenvalue weighted by atomic mass is 28.3. The molecule has 0 unspecified atom stereocenters. The van der Waals surface area contributed by atoms with Gasteiger partial charge in [0.2, 0.25) is 0 Å². The lowest BCUT2D eigenvalue weighted by atomic mass is 10.2. The summed E-state index contributed by atoms with van der Waals surface area (Å²) in [5, 5.41) is 5.24. The lowest BCUT2D eigenvalue weighted by molar-refractivity contribution is 1.25. The summed E-state index contributed by atoms with van der Waals surface area (Å²) in [5.74, 6) is 0. The quantitative estimate of drug-likeness (QED) is 0.191. The molecule has 4 aromatic heterocycles. The maximum absolute atomic E-state index is 4.86. The molecule has 4 heterocycles. The van der Waals surface area contributed by atoms with E-state index in [1.807, 2.05) is 67.0 Å². The first kappa shape index (κ1) is 27.6. The van der Waals surface area contributed by atoms with Gasteiger partial charge in [-0.25, -0.2) is 0 Å². The Hall–Kier alpha value is -5.52. The molecule has 0 N–H and O–H groups in total. The molecular weight excluding hydrogens is 541 g/mol. The summed E-state index contributed by atoms with van der Waals surface area (Å²) in [6.07, 6.45) is 7.24. The first-order chi connectivity index (χ1) is 21.4. The Morgan fingerprint density at radius 3 is 1.07 bits per heavy atom. The van der Waals surface area contributed by atoms with Gasteiger partial charge in [0.1, 0.15) is 0 Å². The number of pyridine rings is 4. The molecule has 4 nitrogen and oxygen atoms in total. The van der Waals surface area contributed by atoms with Gasteiger partial charge in [0, 0.05) is 24.8 Å². The molecule has 0 amide bonds. The number of rotatable bonds is 6. The van der Waals surface area contributed by atoms with Crippen LogP contribution in [0.3, 0.4) is 0 Å². The molecule has 206 valence electrons. The van der Waals surface area contributed by atoms with Crippen LogP contribution in [0.25, 0.3) is 22.8 Å². The second-order valence-electron chi connectivity index (χ2n) is 9.89.